The monoisotopic (exact) mass is 342 g/mol. The van der Waals surface area contributed by atoms with E-state index in [1.165, 1.54) is 23.5 Å². The van der Waals surface area contributed by atoms with Gasteiger partial charge >= 0.3 is 12.1 Å². The van der Waals surface area contributed by atoms with E-state index in [1.54, 1.807) is 14.0 Å². The van der Waals surface area contributed by atoms with Gasteiger partial charge in [0.15, 0.2) is 5.13 Å². The predicted octanol–water partition coefficient (Wildman–Crippen LogP) is 4.36. The third-order valence-corrected chi connectivity index (χ3v) is 4.21. The highest BCUT2D eigenvalue weighted by Gasteiger charge is 2.31. The minimum Gasteiger partial charge on any atom is -0.478 e. The van der Waals surface area contributed by atoms with Gasteiger partial charge in [-0.2, -0.15) is 13.2 Å². The van der Waals surface area contributed by atoms with Gasteiger partial charge in [0.1, 0.15) is 0 Å². The number of anilines is 1. The van der Waals surface area contributed by atoms with E-state index < -0.39 is 17.7 Å². The number of allylic oxidation sites excluding steroid dienone is 1. The van der Waals surface area contributed by atoms with Crippen molar-refractivity contribution >= 4 is 28.0 Å². The number of nitrogens with one attached hydrogen (secondary N) is 1. The predicted molar refractivity (Wildman–Crippen MR) is 83.4 cm³/mol. The number of carboxylic acid groups (broad SMARTS) is 1. The topological polar surface area (TPSA) is 62.2 Å². The minimum absolute atomic E-state index is 0.283. The number of benzene rings is 1. The molecule has 0 aliphatic heterocycles. The van der Waals surface area contributed by atoms with E-state index in [2.05, 4.69) is 10.3 Å². The van der Waals surface area contributed by atoms with Crippen LogP contribution in [0.25, 0.3) is 16.8 Å². The molecule has 122 valence electrons. The molecule has 0 aliphatic carbocycles. The average molecular weight is 342 g/mol. The van der Waals surface area contributed by atoms with Crippen LogP contribution in [0.3, 0.4) is 0 Å². The quantitative estimate of drug-likeness (QED) is 0.811. The Morgan fingerprint density at radius 3 is 2.65 bits per heavy atom. The molecule has 0 radical (unpaired) electrons. The van der Waals surface area contributed by atoms with Crippen LogP contribution in [0.2, 0.25) is 0 Å². The van der Waals surface area contributed by atoms with Crippen LogP contribution in [-0.4, -0.2) is 23.1 Å². The number of carbonyl (C=O) groups is 1. The lowest BCUT2D eigenvalue weighted by atomic mass is 10.0. The molecule has 0 fully saturated rings. The van der Waals surface area contributed by atoms with E-state index in [0.717, 1.165) is 18.2 Å². The first-order chi connectivity index (χ1) is 10.7. The van der Waals surface area contributed by atoms with Crippen molar-refractivity contribution in [2.75, 3.05) is 12.4 Å². The second-order valence-electron chi connectivity index (χ2n) is 4.69. The summed E-state index contributed by atoms with van der Waals surface area (Å²) in [5.41, 5.74) is 0.245. The van der Waals surface area contributed by atoms with Crippen molar-refractivity contribution in [3.63, 3.8) is 0 Å². The molecular weight excluding hydrogens is 329 g/mol. The van der Waals surface area contributed by atoms with Gasteiger partial charge < -0.3 is 10.4 Å². The Hall–Kier alpha value is -2.35. The molecule has 0 spiro atoms. The third-order valence-electron chi connectivity index (χ3n) is 3.00. The van der Waals surface area contributed by atoms with Gasteiger partial charge in [0, 0.05) is 18.7 Å². The molecule has 1 aromatic carbocycles. The second kappa shape index (κ2) is 6.41. The summed E-state index contributed by atoms with van der Waals surface area (Å²) in [4.78, 5) is 15.6. The molecule has 0 saturated heterocycles. The molecule has 2 rings (SSSR count). The van der Waals surface area contributed by atoms with Crippen LogP contribution in [0.5, 0.6) is 0 Å². The number of carboxylic acids is 1. The van der Waals surface area contributed by atoms with Crippen LogP contribution >= 0.6 is 11.3 Å². The van der Waals surface area contributed by atoms with E-state index in [9.17, 15) is 18.0 Å². The lowest BCUT2D eigenvalue weighted by Gasteiger charge is -2.08. The Balaban J connectivity index is 2.59. The van der Waals surface area contributed by atoms with Crippen LogP contribution in [0.1, 0.15) is 17.4 Å². The summed E-state index contributed by atoms with van der Waals surface area (Å²) in [6.07, 6.45) is -3.45. The number of halogens is 3. The SMILES string of the molecule is CNc1nc(-c2cccc(C(F)(F)F)c2)c(/C(C)=C/C(=O)O)s1. The van der Waals surface area contributed by atoms with Gasteiger partial charge in [0.2, 0.25) is 0 Å². The van der Waals surface area contributed by atoms with Gasteiger partial charge in [-0.15, -0.1) is 0 Å². The molecule has 23 heavy (non-hydrogen) atoms. The normalized spacial score (nSPS) is 12.3. The van der Waals surface area contributed by atoms with Gasteiger partial charge in [-0.1, -0.05) is 23.5 Å². The maximum Gasteiger partial charge on any atom is 0.416 e. The van der Waals surface area contributed by atoms with Gasteiger partial charge in [0.25, 0.3) is 0 Å². The highest BCUT2D eigenvalue weighted by Crippen LogP contribution is 2.38. The Kier molecular flexibility index (Phi) is 4.74. The molecular formula is C15H13F3N2O2S. The Morgan fingerprint density at radius 1 is 1.39 bits per heavy atom. The number of alkyl halides is 3. The number of thiazole rings is 1. The van der Waals surface area contributed by atoms with E-state index in [4.69, 9.17) is 5.11 Å². The van der Waals surface area contributed by atoms with Gasteiger partial charge in [-0.05, 0) is 24.6 Å². The van der Waals surface area contributed by atoms with Gasteiger partial charge in [-0.25, -0.2) is 9.78 Å². The molecule has 1 aromatic heterocycles. The minimum atomic E-state index is -4.45. The number of aliphatic carboxylic acids is 1. The van der Waals surface area contributed by atoms with Crippen LogP contribution < -0.4 is 5.32 Å². The number of hydrogen-bond donors (Lipinski definition) is 2. The summed E-state index contributed by atoms with van der Waals surface area (Å²) < 4.78 is 38.6. The highest BCUT2D eigenvalue weighted by atomic mass is 32.1. The highest BCUT2D eigenvalue weighted by molar-refractivity contribution is 7.17. The van der Waals surface area contributed by atoms with Crippen molar-refractivity contribution in [2.24, 2.45) is 0 Å². The van der Waals surface area contributed by atoms with Crippen molar-refractivity contribution in [1.82, 2.24) is 4.98 Å². The number of rotatable bonds is 4. The maximum absolute atomic E-state index is 12.9. The molecule has 0 atom stereocenters. The molecule has 0 unspecified atom stereocenters. The molecule has 0 aliphatic rings. The first-order valence-electron chi connectivity index (χ1n) is 6.50. The van der Waals surface area contributed by atoms with Crippen molar-refractivity contribution < 1.29 is 23.1 Å². The molecule has 8 heteroatoms. The summed E-state index contributed by atoms with van der Waals surface area (Å²) in [5, 5.41) is 12.2. The molecule has 2 N–H and O–H groups in total. The lowest BCUT2D eigenvalue weighted by Crippen LogP contribution is -2.04. The smallest absolute Gasteiger partial charge is 0.416 e. The zero-order valence-corrected chi connectivity index (χ0v) is 13.0. The third kappa shape index (κ3) is 3.89. The molecule has 0 amide bonds. The van der Waals surface area contributed by atoms with Crippen LogP contribution in [-0.2, 0) is 11.0 Å². The molecule has 0 bridgehead atoms. The molecule has 2 aromatic rings. The fourth-order valence-corrected chi connectivity index (χ4v) is 2.90. The van der Waals surface area contributed by atoms with Crippen molar-refractivity contribution in [3.8, 4) is 11.3 Å². The molecule has 1 heterocycles. The summed E-state index contributed by atoms with van der Waals surface area (Å²) in [6.45, 7) is 1.58. The number of nitrogens with zero attached hydrogens (tertiary/aromatic N) is 1. The fraction of sp³-hybridized carbons (Fsp3) is 0.200. The fourth-order valence-electron chi connectivity index (χ4n) is 1.98. The Morgan fingerprint density at radius 2 is 2.09 bits per heavy atom. The van der Waals surface area contributed by atoms with E-state index in [-0.39, 0.29) is 5.56 Å². The Bertz CT molecular complexity index is 766. The first kappa shape index (κ1) is 17.0. The van der Waals surface area contributed by atoms with Gasteiger partial charge in [-0.3, -0.25) is 0 Å². The largest absolute Gasteiger partial charge is 0.478 e. The first-order valence-corrected chi connectivity index (χ1v) is 7.32. The zero-order valence-electron chi connectivity index (χ0n) is 12.2. The maximum atomic E-state index is 12.9. The van der Waals surface area contributed by atoms with Crippen LogP contribution in [0, 0.1) is 0 Å². The summed E-state index contributed by atoms with van der Waals surface area (Å²) in [5.74, 6) is -1.13. The summed E-state index contributed by atoms with van der Waals surface area (Å²) in [6, 6.07) is 4.80. The van der Waals surface area contributed by atoms with E-state index in [0.29, 0.717) is 21.3 Å². The van der Waals surface area contributed by atoms with E-state index in [1.807, 2.05) is 0 Å². The van der Waals surface area contributed by atoms with Crippen molar-refractivity contribution in [2.45, 2.75) is 13.1 Å². The number of hydrogen-bond acceptors (Lipinski definition) is 4. The molecule has 4 nitrogen and oxygen atoms in total. The van der Waals surface area contributed by atoms with Gasteiger partial charge in [0.05, 0.1) is 16.1 Å². The standard InChI is InChI=1S/C15H13F3N2O2S/c1-8(6-11(21)22)13-12(20-14(19-2)23-13)9-4-3-5-10(7-9)15(16,17)18/h3-7H,1-2H3,(H,19,20)(H,21,22)/b8-6+. The summed E-state index contributed by atoms with van der Waals surface area (Å²) in [7, 11) is 1.63. The number of aromatic nitrogens is 1. The molecule has 0 saturated carbocycles. The van der Waals surface area contributed by atoms with Crippen molar-refractivity contribution in [3.05, 3.63) is 40.8 Å². The zero-order chi connectivity index (χ0) is 17.2. The van der Waals surface area contributed by atoms with Crippen LogP contribution in [0.15, 0.2) is 30.3 Å². The van der Waals surface area contributed by atoms with Crippen molar-refractivity contribution in [1.29, 1.82) is 0 Å². The van der Waals surface area contributed by atoms with Crippen LogP contribution in [0.4, 0.5) is 18.3 Å². The summed E-state index contributed by atoms with van der Waals surface area (Å²) >= 11 is 1.18. The second-order valence-corrected chi connectivity index (χ2v) is 5.69. The Labute approximate surface area is 134 Å². The van der Waals surface area contributed by atoms with E-state index >= 15 is 0 Å². The average Bonchev–Trinajstić information content (AvgIpc) is 2.90. The lowest BCUT2D eigenvalue weighted by molar-refractivity contribution is -0.137.